The standard InChI is InChI=1S/C14H17N5OS/c1-9-16-13(20-18-9)10-2-5-19(6-3-10)14-15-8-12-11(17-14)4-7-21-12/h8,10H,2-7H2,1H3. The second kappa shape index (κ2) is 5.29. The number of hydrogen-bond donors (Lipinski definition) is 0. The lowest BCUT2D eigenvalue weighted by Crippen LogP contribution is -2.34. The SMILES string of the molecule is Cc1noc(C2CCN(c3ncc4c(n3)CCS4)CC2)n1. The van der Waals surface area contributed by atoms with Crippen LogP contribution in [0, 0.1) is 6.92 Å². The van der Waals surface area contributed by atoms with E-state index in [2.05, 4.69) is 20.0 Å². The van der Waals surface area contributed by atoms with Crippen LogP contribution >= 0.6 is 11.8 Å². The van der Waals surface area contributed by atoms with Crippen LogP contribution in [0.15, 0.2) is 15.6 Å². The molecule has 0 amide bonds. The Balaban J connectivity index is 1.45. The summed E-state index contributed by atoms with van der Waals surface area (Å²) in [6.07, 6.45) is 5.06. The van der Waals surface area contributed by atoms with E-state index in [0.717, 1.165) is 49.9 Å². The number of anilines is 1. The molecule has 2 aromatic rings. The molecule has 0 unspecified atom stereocenters. The molecule has 2 aromatic heterocycles. The lowest BCUT2D eigenvalue weighted by molar-refractivity contribution is 0.327. The first-order valence-corrected chi connectivity index (χ1v) is 8.32. The monoisotopic (exact) mass is 303 g/mol. The molecule has 7 heteroatoms. The average molecular weight is 303 g/mol. The van der Waals surface area contributed by atoms with Crippen LogP contribution in [0.25, 0.3) is 0 Å². The van der Waals surface area contributed by atoms with Gasteiger partial charge in [0.05, 0.1) is 5.69 Å². The highest BCUT2D eigenvalue weighted by atomic mass is 32.2. The number of fused-ring (bicyclic) bond motifs is 1. The second-order valence-electron chi connectivity index (χ2n) is 5.52. The lowest BCUT2D eigenvalue weighted by Gasteiger charge is -2.30. The van der Waals surface area contributed by atoms with E-state index in [1.165, 1.54) is 10.6 Å². The van der Waals surface area contributed by atoms with Crippen molar-refractivity contribution in [2.45, 2.75) is 37.0 Å². The predicted molar refractivity (Wildman–Crippen MR) is 79.7 cm³/mol. The summed E-state index contributed by atoms with van der Waals surface area (Å²) < 4.78 is 5.29. The summed E-state index contributed by atoms with van der Waals surface area (Å²) in [6.45, 7) is 3.74. The van der Waals surface area contributed by atoms with Gasteiger partial charge in [0.2, 0.25) is 11.8 Å². The third-order valence-electron chi connectivity index (χ3n) is 4.08. The maximum Gasteiger partial charge on any atom is 0.229 e. The maximum atomic E-state index is 5.29. The summed E-state index contributed by atoms with van der Waals surface area (Å²) in [6, 6.07) is 0. The minimum atomic E-state index is 0.368. The average Bonchev–Trinajstić information content (AvgIpc) is 3.15. The van der Waals surface area contributed by atoms with E-state index in [9.17, 15) is 0 Å². The Kier molecular flexibility index (Phi) is 3.29. The van der Waals surface area contributed by atoms with Gasteiger partial charge in [-0.1, -0.05) is 5.16 Å². The summed E-state index contributed by atoms with van der Waals surface area (Å²) in [5.74, 6) is 3.86. The second-order valence-corrected chi connectivity index (χ2v) is 6.66. The molecule has 0 bridgehead atoms. The number of rotatable bonds is 2. The molecule has 1 fully saturated rings. The van der Waals surface area contributed by atoms with E-state index in [0.29, 0.717) is 11.7 Å². The summed E-state index contributed by atoms with van der Waals surface area (Å²) in [5, 5.41) is 3.88. The summed E-state index contributed by atoms with van der Waals surface area (Å²) in [4.78, 5) is 17.1. The molecule has 6 nitrogen and oxygen atoms in total. The Bertz CT molecular complexity index is 651. The molecule has 2 aliphatic heterocycles. The van der Waals surface area contributed by atoms with Crippen LogP contribution in [0.1, 0.15) is 36.2 Å². The Morgan fingerprint density at radius 3 is 2.90 bits per heavy atom. The smallest absolute Gasteiger partial charge is 0.229 e. The molecule has 4 rings (SSSR count). The highest BCUT2D eigenvalue weighted by Crippen LogP contribution is 2.32. The number of thioether (sulfide) groups is 1. The highest BCUT2D eigenvalue weighted by Gasteiger charge is 2.26. The fourth-order valence-corrected chi connectivity index (χ4v) is 3.87. The van der Waals surface area contributed by atoms with Crippen molar-refractivity contribution in [3.8, 4) is 0 Å². The van der Waals surface area contributed by atoms with Gasteiger partial charge in [0.1, 0.15) is 0 Å². The fraction of sp³-hybridized carbons (Fsp3) is 0.571. The molecule has 0 atom stereocenters. The molecule has 4 heterocycles. The van der Waals surface area contributed by atoms with Crippen molar-refractivity contribution in [3.05, 3.63) is 23.6 Å². The van der Waals surface area contributed by atoms with Crippen LogP contribution in [0.5, 0.6) is 0 Å². The molecule has 1 saturated heterocycles. The van der Waals surface area contributed by atoms with Crippen LogP contribution < -0.4 is 4.90 Å². The first kappa shape index (κ1) is 13.1. The minimum Gasteiger partial charge on any atom is -0.341 e. The maximum absolute atomic E-state index is 5.29. The van der Waals surface area contributed by atoms with Gasteiger partial charge in [-0.2, -0.15) is 4.98 Å². The zero-order valence-electron chi connectivity index (χ0n) is 11.9. The summed E-state index contributed by atoms with van der Waals surface area (Å²) >= 11 is 1.85. The van der Waals surface area contributed by atoms with E-state index in [1.54, 1.807) is 0 Å². The van der Waals surface area contributed by atoms with Crippen molar-refractivity contribution < 1.29 is 4.52 Å². The van der Waals surface area contributed by atoms with Gasteiger partial charge in [-0.05, 0) is 19.8 Å². The zero-order chi connectivity index (χ0) is 14.2. The Labute approximate surface area is 127 Å². The Morgan fingerprint density at radius 1 is 1.29 bits per heavy atom. The van der Waals surface area contributed by atoms with Gasteiger partial charge in [-0.15, -0.1) is 11.8 Å². The van der Waals surface area contributed by atoms with Crippen LogP contribution in [0.2, 0.25) is 0 Å². The van der Waals surface area contributed by atoms with Crippen molar-refractivity contribution in [1.82, 2.24) is 20.1 Å². The van der Waals surface area contributed by atoms with Crippen LogP contribution in [0.3, 0.4) is 0 Å². The molecule has 0 aromatic carbocycles. The van der Waals surface area contributed by atoms with Crippen molar-refractivity contribution in [3.63, 3.8) is 0 Å². The van der Waals surface area contributed by atoms with Crippen LogP contribution in [0.4, 0.5) is 5.95 Å². The van der Waals surface area contributed by atoms with Gasteiger partial charge in [0, 0.05) is 42.3 Å². The first-order chi connectivity index (χ1) is 10.3. The van der Waals surface area contributed by atoms with Gasteiger partial charge in [-0.25, -0.2) is 9.97 Å². The first-order valence-electron chi connectivity index (χ1n) is 7.33. The Hall–Kier alpha value is -1.63. The largest absolute Gasteiger partial charge is 0.341 e. The summed E-state index contributed by atoms with van der Waals surface area (Å²) in [5.41, 5.74) is 1.21. The topological polar surface area (TPSA) is 67.9 Å². The molecule has 0 saturated carbocycles. The number of piperidine rings is 1. The third-order valence-corrected chi connectivity index (χ3v) is 5.14. The molecule has 0 radical (unpaired) electrons. The number of hydrogen-bond acceptors (Lipinski definition) is 7. The third kappa shape index (κ3) is 2.50. The van der Waals surface area contributed by atoms with E-state index in [-0.39, 0.29) is 0 Å². The van der Waals surface area contributed by atoms with Crippen molar-refractivity contribution >= 4 is 17.7 Å². The predicted octanol–water partition coefficient (Wildman–Crippen LogP) is 2.20. The Morgan fingerprint density at radius 2 is 2.14 bits per heavy atom. The van der Waals surface area contributed by atoms with Crippen molar-refractivity contribution in [2.75, 3.05) is 23.7 Å². The molecular weight excluding hydrogens is 286 g/mol. The van der Waals surface area contributed by atoms with E-state index >= 15 is 0 Å². The van der Waals surface area contributed by atoms with E-state index in [4.69, 9.17) is 9.51 Å². The zero-order valence-corrected chi connectivity index (χ0v) is 12.8. The van der Waals surface area contributed by atoms with E-state index in [1.807, 2.05) is 24.9 Å². The quantitative estimate of drug-likeness (QED) is 0.842. The molecule has 0 N–H and O–H groups in total. The fourth-order valence-electron chi connectivity index (χ4n) is 2.91. The molecule has 2 aliphatic rings. The molecule has 0 aliphatic carbocycles. The van der Waals surface area contributed by atoms with Gasteiger partial charge >= 0.3 is 0 Å². The van der Waals surface area contributed by atoms with Gasteiger partial charge in [0.15, 0.2) is 5.82 Å². The molecule has 0 spiro atoms. The van der Waals surface area contributed by atoms with Crippen LogP contribution in [-0.4, -0.2) is 39.0 Å². The molecular formula is C14H17N5OS. The van der Waals surface area contributed by atoms with E-state index < -0.39 is 0 Å². The highest BCUT2D eigenvalue weighted by molar-refractivity contribution is 7.99. The van der Waals surface area contributed by atoms with Crippen LogP contribution in [-0.2, 0) is 6.42 Å². The lowest BCUT2D eigenvalue weighted by atomic mass is 9.97. The van der Waals surface area contributed by atoms with Gasteiger partial charge < -0.3 is 9.42 Å². The summed E-state index contributed by atoms with van der Waals surface area (Å²) in [7, 11) is 0. The van der Waals surface area contributed by atoms with Gasteiger partial charge in [0.25, 0.3) is 0 Å². The normalized spacial score (nSPS) is 19.0. The molecule has 21 heavy (non-hydrogen) atoms. The molecule has 110 valence electrons. The minimum absolute atomic E-state index is 0.368. The number of aromatic nitrogens is 4. The van der Waals surface area contributed by atoms with Crippen molar-refractivity contribution in [1.29, 1.82) is 0 Å². The van der Waals surface area contributed by atoms with Gasteiger partial charge in [-0.3, -0.25) is 0 Å². The number of nitrogens with zero attached hydrogens (tertiary/aromatic N) is 5. The number of aryl methyl sites for hydroxylation is 2. The van der Waals surface area contributed by atoms with Crippen molar-refractivity contribution in [2.24, 2.45) is 0 Å².